The molecular weight excluding hydrogens is 262 g/mol. The molecular formula is C18H31NO2. The van der Waals surface area contributed by atoms with Crippen LogP contribution in [0.3, 0.4) is 0 Å². The van der Waals surface area contributed by atoms with Crippen molar-refractivity contribution >= 4 is 0 Å². The van der Waals surface area contributed by atoms with Crippen LogP contribution in [-0.4, -0.2) is 20.8 Å². The number of rotatable bonds is 8. The monoisotopic (exact) mass is 293 g/mol. The molecule has 21 heavy (non-hydrogen) atoms. The van der Waals surface area contributed by atoms with Crippen molar-refractivity contribution in [1.29, 1.82) is 0 Å². The zero-order chi connectivity index (χ0) is 15.9. The molecule has 0 saturated carbocycles. The summed E-state index contributed by atoms with van der Waals surface area (Å²) < 4.78 is 11.1. The lowest BCUT2D eigenvalue weighted by Crippen LogP contribution is -2.24. The quantitative estimate of drug-likeness (QED) is 0.761. The van der Waals surface area contributed by atoms with Gasteiger partial charge in [-0.1, -0.05) is 33.8 Å². The van der Waals surface area contributed by atoms with Gasteiger partial charge in [0.2, 0.25) is 0 Å². The van der Waals surface area contributed by atoms with Gasteiger partial charge < -0.3 is 14.8 Å². The normalized spacial score (nSPS) is 13.0. The molecule has 0 aliphatic heterocycles. The van der Waals surface area contributed by atoms with Gasteiger partial charge in [-0.3, -0.25) is 0 Å². The molecule has 0 spiro atoms. The molecule has 0 radical (unpaired) electrons. The van der Waals surface area contributed by atoms with Crippen molar-refractivity contribution in [1.82, 2.24) is 5.32 Å². The van der Waals surface area contributed by atoms with Gasteiger partial charge in [0, 0.05) is 6.04 Å². The second-order valence-electron chi connectivity index (χ2n) is 6.68. The van der Waals surface area contributed by atoms with E-state index in [0.717, 1.165) is 42.9 Å². The Kier molecular flexibility index (Phi) is 7.03. The summed E-state index contributed by atoms with van der Waals surface area (Å²) in [5.74, 6) is 1.80. The van der Waals surface area contributed by atoms with E-state index in [1.165, 1.54) is 0 Å². The van der Waals surface area contributed by atoms with Gasteiger partial charge in [0.25, 0.3) is 0 Å². The fourth-order valence-electron chi connectivity index (χ4n) is 2.47. The van der Waals surface area contributed by atoms with Crippen molar-refractivity contribution in [2.75, 3.05) is 20.8 Å². The van der Waals surface area contributed by atoms with E-state index in [4.69, 9.17) is 9.47 Å². The molecule has 0 fully saturated rings. The standard InChI is InChI=1S/C18H31NO2/c1-7-13-19-14(11-12-18(2,3)4)17-15(20-5)9-8-10-16(17)21-6/h8-10,14,19H,7,11-13H2,1-6H3. The summed E-state index contributed by atoms with van der Waals surface area (Å²) in [5, 5.41) is 3.65. The third kappa shape index (κ3) is 5.58. The fraction of sp³-hybridized carbons (Fsp3) is 0.667. The highest BCUT2D eigenvalue weighted by Gasteiger charge is 2.22. The van der Waals surface area contributed by atoms with Crippen LogP contribution in [0.1, 0.15) is 58.6 Å². The molecule has 0 aromatic heterocycles. The average molecular weight is 293 g/mol. The SMILES string of the molecule is CCCNC(CCC(C)(C)C)c1c(OC)cccc1OC. The number of hydrogen-bond donors (Lipinski definition) is 1. The van der Waals surface area contributed by atoms with Crippen LogP contribution in [0.15, 0.2) is 18.2 Å². The van der Waals surface area contributed by atoms with Crippen molar-refractivity contribution in [2.24, 2.45) is 5.41 Å². The molecule has 0 saturated heterocycles. The number of methoxy groups -OCH3 is 2. The Morgan fingerprint density at radius 2 is 1.67 bits per heavy atom. The van der Waals surface area contributed by atoms with Gasteiger partial charge in [-0.25, -0.2) is 0 Å². The zero-order valence-electron chi connectivity index (χ0n) is 14.5. The maximum atomic E-state index is 5.56. The predicted octanol–water partition coefficient (Wildman–Crippen LogP) is 4.57. The van der Waals surface area contributed by atoms with Gasteiger partial charge in [0.1, 0.15) is 11.5 Å². The van der Waals surface area contributed by atoms with Crippen molar-refractivity contribution in [3.8, 4) is 11.5 Å². The van der Waals surface area contributed by atoms with E-state index >= 15 is 0 Å². The summed E-state index contributed by atoms with van der Waals surface area (Å²) in [6, 6.07) is 6.25. The van der Waals surface area contributed by atoms with Crippen LogP contribution in [0, 0.1) is 5.41 Å². The molecule has 1 aromatic rings. The average Bonchev–Trinajstić information content (AvgIpc) is 2.45. The number of benzene rings is 1. The molecule has 0 aliphatic rings. The highest BCUT2D eigenvalue weighted by atomic mass is 16.5. The first-order valence-electron chi connectivity index (χ1n) is 7.87. The molecule has 3 nitrogen and oxygen atoms in total. The van der Waals surface area contributed by atoms with Gasteiger partial charge in [-0.15, -0.1) is 0 Å². The third-order valence-corrected chi connectivity index (χ3v) is 3.64. The Bertz CT molecular complexity index is 401. The van der Waals surface area contributed by atoms with Crippen LogP contribution in [0.25, 0.3) is 0 Å². The molecule has 1 unspecified atom stereocenters. The second kappa shape index (κ2) is 8.28. The van der Waals surface area contributed by atoms with Gasteiger partial charge in [-0.2, -0.15) is 0 Å². The summed E-state index contributed by atoms with van der Waals surface area (Å²) in [6.45, 7) is 10.0. The Morgan fingerprint density at radius 3 is 2.10 bits per heavy atom. The van der Waals surface area contributed by atoms with Crippen molar-refractivity contribution in [2.45, 2.75) is 53.0 Å². The Hall–Kier alpha value is -1.22. The van der Waals surface area contributed by atoms with Crippen LogP contribution in [0.5, 0.6) is 11.5 Å². The molecule has 0 bridgehead atoms. The van der Waals surface area contributed by atoms with Crippen molar-refractivity contribution < 1.29 is 9.47 Å². The first-order valence-corrected chi connectivity index (χ1v) is 7.87. The minimum absolute atomic E-state index is 0.260. The number of ether oxygens (including phenoxy) is 2. The van der Waals surface area contributed by atoms with Crippen LogP contribution in [-0.2, 0) is 0 Å². The largest absolute Gasteiger partial charge is 0.496 e. The Morgan fingerprint density at radius 1 is 1.10 bits per heavy atom. The minimum atomic E-state index is 0.260. The van der Waals surface area contributed by atoms with E-state index in [2.05, 4.69) is 33.0 Å². The van der Waals surface area contributed by atoms with Crippen molar-refractivity contribution in [3.63, 3.8) is 0 Å². The van der Waals surface area contributed by atoms with E-state index in [1.807, 2.05) is 18.2 Å². The minimum Gasteiger partial charge on any atom is -0.496 e. The lowest BCUT2D eigenvalue weighted by atomic mass is 9.86. The molecule has 1 aromatic carbocycles. The smallest absolute Gasteiger partial charge is 0.127 e. The first-order chi connectivity index (χ1) is 9.92. The number of nitrogens with one attached hydrogen (secondary N) is 1. The zero-order valence-corrected chi connectivity index (χ0v) is 14.5. The summed E-state index contributed by atoms with van der Waals surface area (Å²) in [6.07, 6.45) is 3.33. The molecule has 0 amide bonds. The maximum absolute atomic E-state index is 5.56. The van der Waals surface area contributed by atoms with Gasteiger partial charge in [0.05, 0.1) is 19.8 Å². The first kappa shape index (κ1) is 17.8. The van der Waals surface area contributed by atoms with Crippen molar-refractivity contribution in [3.05, 3.63) is 23.8 Å². The van der Waals surface area contributed by atoms with Gasteiger partial charge >= 0.3 is 0 Å². The topological polar surface area (TPSA) is 30.5 Å². The molecule has 0 heterocycles. The lowest BCUT2D eigenvalue weighted by molar-refractivity contribution is 0.317. The molecule has 3 heteroatoms. The Balaban J connectivity index is 3.06. The highest BCUT2D eigenvalue weighted by molar-refractivity contribution is 5.47. The molecule has 0 aliphatic carbocycles. The summed E-state index contributed by atoms with van der Waals surface area (Å²) >= 11 is 0. The van der Waals surface area contributed by atoms with E-state index < -0.39 is 0 Å². The summed E-state index contributed by atoms with van der Waals surface area (Å²) in [7, 11) is 3.44. The van der Waals surface area contributed by atoms with Crippen LogP contribution >= 0.6 is 0 Å². The maximum Gasteiger partial charge on any atom is 0.127 e. The van der Waals surface area contributed by atoms with E-state index in [9.17, 15) is 0 Å². The molecule has 1 N–H and O–H groups in total. The van der Waals surface area contributed by atoms with Gasteiger partial charge in [0.15, 0.2) is 0 Å². The third-order valence-electron chi connectivity index (χ3n) is 3.64. The summed E-state index contributed by atoms with van der Waals surface area (Å²) in [4.78, 5) is 0. The predicted molar refractivity (Wildman–Crippen MR) is 89.3 cm³/mol. The fourth-order valence-corrected chi connectivity index (χ4v) is 2.47. The van der Waals surface area contributed by atoms with Crippen LogP contribution in [0.4, 0.5) is 0 Å². The highest BCUT2D eigenvalue weighted by Crippen LogP contribution is 2.37. The van der Waals surface area contributed by atoms with E-state index in [1.54, 1.807) is 14.2 Å². The lowest BCUT2D eigenvalue weighted by Gasteiger charge is -2.26. The van der Waals surface area contributed by atoms with Crippen LogP contribution < -0.4 is 14.8 Å². The van der Waals surface area contributed by atoms with Crippen LogP contribution in [0.2, 0.25) is 0 Å². The van der Waals surface area contributed by atoms with Gasteiger partial charge in [-0.05, 0) is 43.4 Å². The Labute approximate surface area is 130 Å². The second-order valence-corrected chi connectivity index (χ2v) is 6.68. The molecule has 120 valence electrons. The summed E-state index contributed by atoms with van der Waals surface area (Å²) in [5.41, 5.74) is 1.46. The molecule has 1 atom stereocenters. The van der Waals surface area contributed by atoms with E-state index in [0.29, 0.717) is 5.41 Å². The molecule has 1 rings (SSSR count). The van der Waals surface area contributed by atoms with E-state index in [-0.39, 0.29) is 6.04 Å². The number of hydrogen-bond acceptors (Lipinski definition) is 3.